The number of aldehydes is 1. The molecule has 0 unspecified atom stereocenters. The van der Waals surface area contributed by atoms with Crippen LogP contribution in [0.25, 0.3) is 11.0 Å². The van der Waals surface area contributed by atoms with Crippen molar-refractivity contribution in [3.05, 3.63) is 64.9 Å². The number of halogens is 1. The summed E-state index contributed by atoms with van der Waals surface area (Å²) in [6.07, 6.45) is 3.26. The molecule has 3 aromatic rings. The first-order chi connectivity index (χ1) is 10.5. The number of carbonyl (C=O) groups is 1. The molecular weight excluding hydrogens is 324 g/mol. The van der Waals surface area contributed by atoms with Crippen LogP contribution >= 0.6 is 11.6 Å². The van der Waals surface area contributed by atoms with Crippen molar-refractivity contribution in [2.24, 2.45) is 0 Å². The summed E-state index contributed by atoms with van der Waals surface area (Å²) in [7, 11) is -3.63. The fraction of sp³-hybridized carbons (Fsp3) is 0.0667. The van der Waals surface area contributed by atoms with Crippen LogP contribution in [0.1, 0.15) is 15.9 Å². The maximum atomic E-state index is 12.6. The molecule has 0 spiro atoms. The first kappa shape index (κ1) is 14.7. The normalized spacial score (nSPS) is 11.7. The number of carbonyl (C=O) groups excluding carboxylic acids is 1. The third-order valence-electron chi connectivity index (χ3n) is 3.26. The quantitative estimate of drug-likeness (QED) is 0.688. The van der Waals surface area contributed by atoms with Crippen molar-refractivity contribution in [1.82, 2.24) is 8.96 Å². The van der Waals surface area contributed by atoms with Gasteiger partial charge in [0.05, 0.1) is 16.3 Å². The smallest absolute Gasteiger partial charge is 0.244 e. The van der Waals surface area contributed by atoms with Crippen molar-refractivity contribution >= 4 is 38.9 Å². The van der Waals surface area contributed by atoms with Crippen LogP contribution in [0.2, 0.25) is 5.02 Å². The first-order valence-electron chi connectivity index (χ1n) is 6.41. The maximum absolute atomic E-state index is 12.6. The van der Waals surface area contributed by atoms with Gasteiger partial charge >= 0.3 is 0 Å². The number of hydrogen-bond donors (Lipinski definition) is 0. The van der Waals surface area contributed by atoms with Crippen LogP contribution in [0.5, 0.6) is 0 Å². The molecule has 5 nitrogen and oxygen atoms in total. The molecule has 0 amide bonds. The molecule has 0 radical (unpaired) electrons. The molecule has 3 rings (SSSR count). The van der Waals surface area contributed by atoms with E-state index in [0.717, 1.165) is 3.97 Å². The lowest BCUT2D eigenvalue weighted by Crippen LogP contribution is -2.14. The molecule has 0 saturated heterocycles. The molecule has 0 aliphatic carbocycles. The molecular formula is C15H11ClN2O3S. The second-order valence-electron chi connectivity index (χ2n) is 4.74. The van der Waals surface area contributed by atoms with E-state index in [-0.39, 0.29) is 22.0 Å². The number of nitrogens with zero attached hydrogens (tertiary/aromatic N) is 2. The molecule has 2 heterocycles. The summed E-state index contributed by atoms with van der Waals surface area (Å²) < 4.78 is 26.2. The summed E-state index contributed by atoms with van der Waals surface area (Å²) in [6, 6.07) is 10.4. The Bertz CT molecular complexity index is 950. The van der Waals surface area contributed by atoms with Gasteiger partial charge in [0.15, 0.2) is 11.9 Å². The Morgan fingerprint density at radius 1 is 1.18 bits per heavy atom. The van der Waals surface area contributed by atoms with Gasteiger partial charge in [0.2, 0.25) is 10.0 Å². The Morgan fingerprint density at radius 2 is 1.91 bits per heavy atom. The number of fused-ring (bicyclic) bond motifs is 1. The van der Waals surface area contributed by atoms with Crippen LogP contribution in [-0.4, -0.2) is 23.7 Å². The Hall–Kier alpha value is -2.18. The molecule has 0 N–H and O–H groups in total. The third kappa shape index (κ3) is 2.51. The van der Waals surface area contributed by atoms with E-state index in [4.69, 9.17) is 11.6 Å². The van der Waals surface area contributed by atoms with Gasteiger partial charge in [-0.3, -0.25) is 4.79 Å². The van der Waals surface area contributed by atoms with Gasteiger partial charge in [-0.1, -0.05) is 41.9 Å². The van der Waals surface area contributed by atoms with Crippen molar-refractivity contribution < 1.29 is 13.2 Å². The molecule has 0 bridgehead atoms. The molecule has 7 heteroatoms. The topological polar surface area (TPSA) is 69.0 Å². The number of benzene rings is 1. The number of aromatic nitrogens is 2. The van der Waals surface area contributed by atoms with Gasteiger partial charge in [0, 0.05) is 17.8 Å². The Morgan fingerprint density at radius 3 is 2.59 bits per heavy atom. The predicted molar refractivity (Wildman–Crippen MR) is 84.6 cm³/mol. The monoisotopic (exact) mass is 334 g/mol. The summed E-state index contributed by atoms with van der Waals surface area (Å²) in [5.41, 5.74) is 1.12. The minimum atomic E-state index is -3.63. The zero-order valence-electron chi connectivity index (χ0n) is 11.3. The minimum absolute atomic E-state index is 0.146. The lowest BCUT2D eigenvalue weighted by molar-refractivity contribution is 0.112. The number of pyridine rings is 1. The van der Waals surface area contributed by atoms with Crippen LogP contribution in [-0.2, 0) is 15.8 Å². The van der Waals surface area contributed by atoms with E-state index in [2.05, 4.69) is 4.98 Å². The van der Waals surface area contributed by atoms with Crippen LogP contribution < -0.4 is 0 Å². The summed E-state index contributed by atoms with van der Waals surface area (Å²) in [5, 5.41) is 0.636. The van der Waals surface area contributed by atoms with E-state index in [9.17, 15) is 13.2 Å². The summed E-state index contributed by atoms with van der Waals surface area (Å²) in [6.45, 7) is 0. The van der Waals surface area contributed by atoms with Gasteiger partial charge in [-0.25, -0.2) is 17.4 Å². The molecule has 2 aromatic heterocycles. The molecule has 0 aliphatic heterocycles. The molecule has 0 atom stereocenters. The van der Waals surface area contributed by atoms with Gasteiger partial charge in [-0.05, 0) is 11.6 Å². The van der Waals surface area contributed by atoms with E-state index >= 15 is 0 Å². The lowest BCUT2D eigenvalue weighted by Gasteiger charge is -2.07. The van der Waals surface area contributed by atoms with E-state index < -0.39 is 10.0 Å². The highest BCUT2D eigenvalue weighted by molar-refractivity contribution is 7.89. The molecule has 0 saturated carbocycles. The van der Waals surface area contributed by atoms with Gasteiger partial charge in [-0.2, -0.15) is 0 Å². The molecule has 22 heavy (non-hydrogen) atoms. The highest BCUT2D eigenvalue weighted by Crippen LogP contribution is 2.27. The fourth-order valence-corrected chi connectivity index (χ4v) is 3.86. The van der Waals surface area contributed by atoms with Gasteiger partial charge in [0.1, 0.15) is 0 Å². The summed E-state index contributed by atoms with van der Waals surface area (Å²) in [4.78, 5) is 14.9. The van der Waals surface area contributed by atoms with Gasteiger partial charge in [0.25, 0.3) is 0 Å². The zero-order valence-corrected chi connectivity index (χ0v) is 12.9. The minimum Gasteiger partial charge on any atom is -0.298 e. The van der Waals surface area contributed by atoms with E-state index in [1.807, 2.05) is 6.07 Å². The van der Waals surface area contributed by atoms with Crippen molar-refractivity contribution in [3.8, 4) is 0 Å². The fourth-order valence-electron chi connectivity index (χ4n) is 2.21. The lowest BCUT2D eigenvalue weighted by atomic mass is 10.2. The number of rotatable bonds is 4. The van der Waals surface area contributed by atoms with Crippen LogP contribution in [0.15, 0.2) is 48.8 Å². The van der Waals surface area contributed by atoms with Crippen molar-refractivity contribution in [3.63, 3.8) is 0 Å². The van der Waals surface area contributed by atoms with E-state index in [0.29, 0.717) is 17.2 Å². The van der Waals surface area contributed by atoms with Crippen LogP contribution in [0.4, 0.5) is 0 Å². The second kappa shape index (κ2) is 5.55. The van der Waals surface area contributed by atoms with E-state index in [1.54, 1.807) is 30.3 Å². The standard InChI is InChI=1S/C15H11ClN2O3S/c16-14-12(9-19)8-17-15-13(14)6-7-18(15)22(20,21)10-11-4-2-1-3-5-11/h1-9H,10H2. The summed E-state index contributed by atoms with van der Waals surface area (Å²) in [5.74, 6) is -0.146. The number of hydrogen-bond acceptors (Lipinski definition) is 4. The van der Waals surface area contributed by atoms with Gasteiger partial charge in [-0.15, -0.1) is 0 Å². The SMILES string of the molecule is O=Cc1cnc2c(ccn2S(=O)(=O)Cc2ccccc2)c1Cl. The largest absolute Gasteiger partial charge is 0.298 e. The molecule has 0 aliphatic rings. The molecule has 112 valence electrons. The van der Waals surface area contributed by atoms with Gasteiger partial charge < -0.3 is 0 Å². The Labute approximate surface area is 132 Å². The molecule has 1 aromatic carbocycles. The van der Waals surface area contributed by atoms with Crippen molar-refractivity contribution in [2.75, 3.05) is 0 Å². The Kier molecular flexibility index (Phi) is 3.72. The highest BCUT2D eigenvalue weighted by Gasteiger charge is 2.19. The zero-order chi connectivity index (χ0) is 15.7. The Balaban J connectivity index is 2.10. The van der Waals surface area contributed by atoms with Crippen molar-refractivity contribution in [1.29, 1.82) is 0 Å². The van der Waals surface area contributed by atoms with Crippen LogP contribution in [0.3, 0.4) is 0 Å². The highest BCUT2D eigenvalue weighted by atomic mass is 35.5. The maximum Gasteiger partial charge on any atom is 0.244 e. The average Bonchev–Trinajstić information content (AvgIpc) is 2.94. The third-order valence-corrected chi connectivity index (χ3v) is 5.27. The van der Waals surface area contributed by atoms with Crippen molar-refractivity contribution in [2.45, 2.75) is 5.75 Å². The predicted octanol–water partition coefficient (Wildman–Crippen LogP) is 2.88. The molecule has 0 fully saturated rings. The second-order valence-corrected chi connectivity index (χ2v) is 6.96. The van der Waals surface area contributed by atoms with E-state index in [1.165, 1.54) is 12.4 Å². The first-order valence-corrected chi connectivity index (χ1v) is 8.39. The van der Waals surface area contributed by atoms with Crippen LogP contribution in [0, 0.1) is 0 Å². The summed E-state index contributed by atoms with van der Waals surface area (Å²) >= 11 is 6.09. The average molecular weight is 335 g/mol.